The first-order valence-corrected chi connectivity index (χ1v) is 4.61. The SMILES string of the molecule is CNc1ccc(OCC(=O)NC(N)=O)cc1. The van der Waals surface area contributed by atoms with Crippen LogP contribution in [0.3, 0.4) is 0 Å². The molecular weight excluding hydrogens is 210 g/mol. The lowest BCUT2D eigenvalue weighted by Crippen LogP contribution is -2.38. The van der Waals surface area contributed by atoms with Crippen LogP contribution >= 0.6 is 0 Å². The van der Waals surface area contributed by atoms with Gasteiger partial charge in [-0.25, -0.2) is 4.79 Å². The molecule has 6 nitrogen and oxygen atoms in total. The molecule has 0 saturated heterocycles. The number of carbonyl (C=O) groups excluding carboxylic acids is 2. The Bertz CT molecular complexity index is 375. The summed E-state index contributed by atoms with van der Waals surface area (Å²) in [4.78, 5) is 21.3. The summed E-state index contributed by atoms with van der Waals surface area (Å²) in [7, 11) is 1.80. The van der Waals surface area contributed by atoms with E-state index in [4.69, 9.17) is 10.5 Å². The van der Waals surface area contributed by atoms with Gasteiger partial charge >= 0.3 is 6.03 Å². The zero-order chi connectivity index (χ0) is 12.0. The zero-order valence-corrected chi connectivity index (χ0v) is 8.82. The van der Waals surface area contributed by atoms with Crippen molar-refractivity contribution in [2.45, 2.75) is 0 Å². The topological polar surface area (TPSA) is 93.4 Å². The molecule has 1 aromatic rings. The van der Waals surface area contributed by atoms with Crippen LogP contribution in [0.5, 0.6) is 5.75 Å². The van der Waals surface area contributed by atoms with E-state index in [0.29, 0.717) is 5.75 Å². The largest absolute Gasteiger partial charge is 0.484 e. The van der Waals surface area contributed by atoms with Gasteiger partial charge < -0.3 is 15.8 Å². The summed E-state index contributed by atoms with van der Waals surface area (Å²) >= 11 is 0. The number of rotatable bonds is 4. The number of anilines is 1. The molecule has 1 rings (SSSR count). The van der Waals surface area contributed by atoms with E-state index in [9.17, 15) is 9.59 Å². The number of ether oxygens (including phenoxy) is 1. The van der Waals surface area contributed by atoms with E-state index in [1.807, 2.05) is 5.32 Å². The molecular formula is C10H13N3O3. The molecule has 4 N–H and O–H groups in total. The Hall–Kier alpha value is -2.24. The van der Waals surface area contributed by atoms with Crippen LogP contribution in [-0.4, -0.2) is 25.6 Å². The number of primary amides is 1. The number of benzene rings is 1. The van der Waals surface area contributed by atoms with Gasteiger partial charge in [0.15, 0.2) is 6.61 Å². The summed E-state index contributed by atoms with van der Waals surface area (Å²) in [5, 5.41) is 4.85. The third kappa shape index (κ3) is 3.87. The highest BCUT2D eigenvalue weighted by Gasteiger charge is 2.04. The molecule has 0 fully saturated rings. The average Bonchev–Trinajstić information content (AvgIpc) is 2.26. The van der Waals surface area contributed by atoms with Crippen LogP contribution in [0.15, 0.2) is 24.3 Å². The fourth-order valence-corrected chi connectivity index (χ4v) is 1.04. The van der Waals surface area contributed by atoms with Crippen molar-refractivity contribution in [3.63, 3.8) is 0 Å². The highest BCUT2D eigenvalue weighted by molar-refractivity contribution is 5.94. The quantitative estimate of drug-likeness (QED) is 0.684. The predicted octanol–water partition coefficient (Wildman–Crippen LogP) is 0.302. The molecule has 1 aromatic carbocycles. The van der Waals surface area contributed by atoms with Crippen molar-refractivity contribution in [3.8, 4) is 5.75 Å². The molecule has 0 bridgehead atoms. The van der Waals surface area contributed by atoms with Crippen LogP contribution < -0.4 is 21.1 Å². The van der Waals surface area contributed by atoms with E-state index in [-0.39, 0.29) is 6.61 Å². The monoisotopic (exact) mass is 223 g/mol. The smallest absolute Gasteiger partial charge is 0.318 e. The number of hydrogen-bond donors (Lipinski definition) is 3. The second-order valence-corrected chi connectivity index (χ2v) is 2.98. The molecule has 3 amide bonds. The summed E-state index contributed by atoms with van der Waals surface area (Å²) < 4.78 is 5.12. The number of imide groups is 1. The lowest BCUT2D eigenvalue weighted by atomic mass is 10.3. The summed E-state index contributed by atoms with van der Waals surface area (Å²) in [6.07, 6.45) is 0. The fourth-order valence-electron chi connectivity index (χ4n) is 1.04. The highest BCUT2D eigenvalue weighted by atomic mass is 16.5. The first-order valence-electron chi connectivity index (χ1n) is 4.61. The van der Waals surface area contributed by atoms with E-state index in [2.05, 4.69) is 5.32 Å². The Balaban J connectivity index is 2.42. The van der Waals surface area contributed by atoms with Crippen molar-refractivity contribution >= 4 is 17.6 Å². The molecule has 0 aliphatic carbocycles. The van der Waals surface area contributed by atoms with Gasteiger partial charge in [-0.3, -0.25) is 10.1 Å². The average molecular weight is 223 g/mol. The predicted molar refractivity (Wildman–Crippen MR) is 59.2 cm³/mol. The third-order valence-electron chi connectivity index (χ3n) is 1.78. The molecule has 0 saturated carbocycles. The molecule has 0 unspecified atom stereocenters. The van der Waals surface area contributed by atoms with Gasteiger partial charge in [-0.05, 0) is 24.3 Å². The van der Waals surface area contributed by atoms with E-state index < -0.39 is 11.9 Å². The minimum Gasteiger partial charge on any atom is -0.484 e. The fraction of sp³-hybridized carbons (Fsp3) is 0.200. The molecule has 0 aliphatic rings. The number of amides is 3. The molecule has 0 atom stereocenters. The normalized spacial score (nSPS) is 9.31. The van der Waals surface area contributed by atoms with E-state index in [0.717, 1.165) is 5.69 Å². The standard InChI is InChI=1S/C10H13N3O3/c1-12-7-2-4-8(5-3-7)16-6-9(14)13-10(11)15/h2-5,12H,6H2,1H3,(H3,11,13,14,15). The van der Waals surface area contributed by atoms with Gasteiger partial charge in [0.05, 0.1) is 0 Å². The van der Waals surface area contributed by atoms with Gasteiger partial charge in [-0.15, -0.1) is 0 Å². The second-order valence-electron chi connectivity index (χ2n) is 2.98. The molecule has 0 spiro atoms. The molecule has 0 aromatic heterocycles. The maximum atomic E-state index is 11.0. The number of hydrogen-bond acceptors (Lipinski definition) is 4. The maximum absolute atomic E-state index is 11.0. The van der Waals surface area contributed by atoms with E-state index >= 15 is 0 Å². The Morgan fingerprint density at radius 2 is 1.94 bits per heavy atom. The zero-order valence-electron chi connectivity index (χ0n) is 8.82. The van der Waals surface area contributed by atoms with Crippen LogP contribution in [0.4, 0.5) is 10.5 Å². The molecule has 0 radical (unpaired) electrons. The number of urea groups is 1. The molecule has 0 aliphatic heterocycles. The lowest BCUT2D eigenvalue weighted by molar-refractivity contribution is -0.121. The van der Waals surface area contributed by atoms with Crippen molar-refractivity contribution < 1.29 is 14.3 Å². The van der Waals surface area contributed by atoms with E-state index in [1.54, 1.807) is 31.3 Å². The van der Waals surface area contributed by atoms with Crippen molar-refractivity contribution in [1.82, 2.24) is 5.32 Å². The van der Waals surface area contributed by atoms with Gasteiger partial charge in [-0.2, -0.15) is 0 Å². The van der Waals surface area contributed by atoms with Crippen LogP contribution in [0, 0.1) is 0 Å². The Kier molecular flexibility index (Phi) is 4.14. The van der Waals surface area contributed by atoms with Gasteiger partial charge in [-0.1, -0.05) is 0 Å². The number of nitrogens with two attached hydrogens (primary N) is 1. The highest BCUT2D eigenvalue weighted by Crippen LogP contribution is 2.14. The maximum Gasteiger partial charge on any atom is 0.318 e. The lowest BCUT2D eigenvalue weighted by Gasteiger charge is -2.06. The van der Waals surface area contributed by atoms with Crippen LogP contribution in [0.1, 0.15) is 0 Å². The van der Waals surface area contributed by atoms with Crippen molar-refractivity contribution in [1.29, 1.82) is 0 Å². The van der Waals surface area contributed by atoms with Crippen LogP contribution in [0.2, 0.25) is 0 Å². The van der Waals surface area contributed by atoms with Crippen molar-refractivity contribution in [3.05, 3.63) is 24.3 Å². The molecule has 0 heterocycles. The minimum absolute atomic E-state index is 0.248. The van der Waals surface area contributed by atoms with Crippen molar-refractivity contribution in [2.75, 3.05) is 19.0 Å². The molecule has 86 valence electrons. The van der Waals surface area contributed by atoms with Gasteiger partial charge in [0.2, 0.25) is 0 Å². The third-order valence-corrected chi connectivity index (χ3v) is 1.78. The Morgan fingerprint density at radius 1 is 1.31 bits per heavy atom. The second kappa shape index (κ2) is 5.59. The summed E-state index contributed by atoms with van der Waals surface area (Å²) in [5.41, 5.74) is 5.70. The number of nitrogens with one attached hydrogen (secondary N) is 2. The minimum atomic E-state index is -0.890. The number of carbonyl (C=O) groups is 2. The first-order chi connectivity index (χ1) is 7.61. The van der Waals surface area contributed by atoms with Crippen LogP contribution in [0.25, 0.3) is 0 Å². The van der Waals surface area contributed by atoms with Crippen LogP contribution in [-0.2, 0) is 4.79 Å². The van der Waals surface area contributed by atoms with Crippen molar-refractivity contribution in [2.24, 2.45) is 5.73 Å². The summed E-state index contributed by atoms with van der Waals surface area (Å²) in [5.74, 6) is -0.0381. The van der Waals surface area contributed by atoms with Gasteiger partial charge in [0.1, 0.15) is 5.75 Å². The summed E-state index contributed by atoms with van der Waals surface area (Å²) in [6.45, 7) is -0.248. The molecule has 6 heteroatoms. The first kappa shape index (κ1) is 11.8. The Morgan fingerprint density at radius 3 is 2.44 bits per heavy atom. The van der Waals surface area contributed by atoms with Gasteiger partial charge in [0, 0.05) is 12.7 Å². The van der Waals surface area contributed by atoms with Gasteiger partial charge in [0.25, 0.3) is 5.91 Å². The molecule has 16 heavy (non-hydrogen) atoms. The summed E-state index contributed by atoms with van der Waals surface area (Å²) in [6, 6.07) is 6.15. The van der Waals surface area contributed by atoms with E-state index in [1.165, 1.54) is 0 Å². The Labute approximate surface area is 92.8 Å².